The first-order valence-corrected chi connectivity index (χ1v) is 7.00. The van der Waals surface area contributed by atoms with Crippen molar-refractivity contribution in [1.82, 2.24) is 9.88 Å². The van der Waals surface area contributed by atoms with Gasteiger partial charge in [-0.1, -0.05) is 13.8 Å². The van der Waals surface area contributed by atoms with Gasteiger partial charge in [0, 0.05) is 31.2 Å². The van der Waals surface area contributed by atoms with Crippen molar-refractivity contribution >= 4 is 5.69 Å². The molecule has 18 heavy (non-hydrogen) atoms. The maximum atomic E-state index is 5.65. The zero-order valence-corrected chi connectivity index (χ0v) is 11.8. The molecule has 1 aliphatic heterocycles. The quantitative estimate of drug-likeness (QED) is 0.892. The molecule has 3 atom stereocenters. The van der Waals surface area contributed by atoms with Crippen molar-refractivity contribution in [1.29, 1.82) is 0 Å². The Balaban J connectivity index is 1.90. The minimum Gasteiger partial charge on any atom is -0.397 e. The Labute approximate surface area is 110 Å². The van der Waals surface area contributed by atoms with Crippen molar-refractivity contribution in [2.45, 2.75) is 39.7 Å². The summed E-state index contributed by atoms with van der Waals surface area (Å²) in [6.45, 7) is 9.41. The van der Waals surface area contributed by atoms with E-state index in [0.29, 0.717) is 6.04 Å². The first-order valence-electron chi connectivity index (χ1n) is 7.00. The number of rotatable bonds is 3. The van der Waals surface area contributed by atoms with Gasteiger partial charge in [0.05, 0.1) is 11.9 Å². The fraction of sp³-hybridized carbons (Fsp3) is 0.667. The number of nitrogens with two attached hydrogens (primary N) is 1. The molecule has 2 rings (SSSR count). The van der Waals surface area contributed by atoms with E-state index in [2.05, 4.69) is 30.7 Å². The number of hydrogen-bond acceptors (Lipinski definition) is 3. The number of hydrogen-bond donors (Lipinski definition) is 1. The second-order valence-corrected chi connectivity index (χ2v) is 5.89. The molecule has 1 aliphatic rings. The average Bonchev–Trinajstić information content (AvgIpc) is 2.34. The minimum atomic E-state index is 0.690. The molecule has 0 aliphatic carbocycles. The first kappa shape index (κ1) is 13.3. The second-order valence-electron chi connectivity index (χ2n) is 5.89. The molecule has 3 heteroatoms. The Morgan fingerprint density at radius 2 is 2.11 bits per heavy atom. The van der Waals surface area contributed by atoms with Crippen LogP contribution in [0.1, 0.15) is 32.9 Å². The van der Waals surface area contributed by atoms with Crippen LogP contribution in [0.3, 0.4) is 0 Å². The lowest BCUT2D eigenvalue weighted by Gasteiger charge is -2.41. The predicted molar refractivity (Wildman–Crippen MR) is 76.3 cm³/mol. The molecule has 1 saturated heterocycles. The number of piperidine rings is 1. The molecule has 0 bridgehead atoms. The highest BCUT2D eigenvalue weighted by atomic mass is 15.2. The van der Waals surface area contributed by atoms with Crippen LogP contribution in [0.15, 0.2) is 18.3 Å². The smallest absolute Gasteiger partial charge is 0.0501 e. The first-order chi connectivity index (χ1) is 8.56. The topological polar surface area (TPSA) is 42.1 Å². The summed E-state index contributed by atoms with van der Waals surface area (Å²) in [5.74, 6) is 1.61. The Morgan fingerprint density at radius 1 is 1.33 bits per heavy atom. The lowest BCUT2D eigenvalue weighted by Crippen LogP contribution is -2.46. The van der Waals surface area contributed by atoms with Gasteiger partial charge < -0.3 is 5.73 Å². The summed E-state index contributed by atoms with van der Waals surface area (Å²) in [7, 11) is 0. The largest absolute Gasteiger partial charge is 0.397 e. The summed E-state index contributed by atoms with van der Waals surface area (Å²) in [5.41, 5.74) is 7.54. The van der Waals surface area contributed by atoms with Crippen LogP contribution in [0.25, 0.3) is 0 Å². The molecule has 1 aromatic rings. The highest BCUT2D eigenvalue weighted by molar-refractivity contribution is 5.34. The van der Waals surface area contributed by atoms with Crippen molar-refractivity contribution in [3.05, 3.63) is 24.0 Å². The van der Waals surface area contributed by atoms with E-state index in [0.717, 1.165) is 36.2 Å². The van der Waals surface area contributed by atoms with Gasteiger partial charge in [-0.05, 0) is 37.3 Å². The van der Waals surface area contributed by atoms with Crippen molar-refractivity contribution in [2.24, 2.45) is 11.8 Å². The summed E-state index contributed by atoms with van der Waals surface area (Å²) in [6, 6.07) is 4.67. The molecule has 2 heterocycles. The fourth-order valence-corrected chi connectivity index (χ4v) is 2.97. The van der Waals surface area contributed by atoms with E-state index in [1.54, 1.807) is 6.20 Å². The van der Waals surface area contributed by atoms with Gasteiger partial charge in [0.15, 0.2) is 0 Å². The number of aromatic nitrogens is 1. The van der Waals surface area contributed by atoms with Crippen molar-refractivity contribution < 1.29 is 0 Å². The molecule has 0 spiro atoms. The van der Waals surface area contributed by atoms with Crippen LogP contribution >= 0.6 is 0 Å². The van der Waals surface area contributed by atoms with Crippen LogP contribution in [0.5, 0.6) is 0 Å². The zero-order valence-electron chi connectivity index (χ0n) is 11.8. The van der Waals surface area contributed by atoms with Gasteiger partial charge in [-0.2, -0.15) is 0 Å². The minimum absolute atomic E-state index is 0.690. The molecule has 1 fully saturated rings. The van der Waals surface area contributed by atoms with Crippen LogP contribution < -0.4 is 5.73 Å². The highest BCUT2D eigenvalue weighted by Gasteiger charge is 2.28. The lowest BCUT2D eigenvalue weighted by atomic mass is 9.86. The summed E-state index contributed by atoms with van der Waals surface area (Å²) >= 11 is 0. The zero-order chi connectivity index (χ0) is 13.1. The average molecular weight is 247 g/mol. The molecular weight excluding hydrogens is 222 g/mol. The number of anilines is 1. The van der Waals surface area contributed by atoms with E-state index in [9.17, 15) is 0 Å². The monoisotopic (exact) mass is 247 g/mol. The van der Waals surface area contributed by atoms with Crippen molar-refractivity contribution in [3.8, 4) is 0 Å². The van der Waals surface area contributed by atoms with E-state index < -0.39 is 0 Å². The van der Waals surface area contributed by atoms with Crippen LogP contribution in [-0.4, -0.2) is 29.0 Å². The lowest BCUT2D eigenvalue weighted by molar-refractivity contribution is 0.0808. The molecule has 1 aromatic heterocycles. The summed E-state index contributed by atoms with van der Waals surface area (Å²) in [6.07, 6.45) is 4.13. The van der Waals surface area contributed by atoms with Gasteiger partial charge in [0.25, 0.3) is 0 Å². The Bertz CT molecular complexity index is 374. The molecule has 100 valence electrons. The maximum absolute atomic E-state index is 5.65. The number of nitrogens with zero attached hydrogens (tertiary/aromatic N) is 2. The third-order valence-electron chi connectivity index (χ3n) is 4.22. The molecule has 0 saturated carbocycles. The van der Waals surface area contributed by atoms with Gasteiger partial charge in [-0.15, -0.1) is 0 Å². The van der Waals surface area contributed by atoms with Gasteiger partial charge in [-0.25, -0.2) is 0 Å². The SMILES string of the molecule is CC1CC(C)C(C)N(CCc2ccc(N)cn2)C1. The molecule has 0 aromatic carbocycles. The van der Waals surface area contributed by atoms with Crippen LogP contribution in [0, 0.1) is 11.8 Å². The van der Waals surface area contributed by atoms with Crippen LogP contribution in [0.2, 0.25) is 0 Å². The fourth-order valence-electron chi connectivity index (χ4n) is 2.97. The summed E-state index contributed by atoms with van der Waals surface area (Å²) in [5, 5.41) is 0. The Morgan fingerprint density at radius 3 is 2.78 bits per heavy atom. The maximum Gasteiger partial charge on any atom is 0.0501 e. The van der Waals surface area contributed by atoms with Crippen LogP contribution in [0.4, 0.5) is 5.69 Å². The second kappa shape index (κ2) is 5.70. The van der Waals surface area contributed by atoms with E-state index in [4.69, 9.17) is 5.73 Å². The van der Waals surface area contributed by atoms with Gasteiger partial charge in [-0.3, -0.25) is 9.88 Å². The van der Waals surface area contributed by atoms with Gasteiger partial charge >= 0.3 is 0 Å². The van der Waals surface area contributed by atoms with E-state index in [-0.39, 0.29) is 0 Å². The number of likely N-dealkylation sites (tertiary alicyclic amines) is 1. The normalized spacial score (nSPS) is 29.4. The third-order valence-corrected chi connectivity index (χ3v) is 4.22. The standard InChI is InChI=1S/C15H25N3/c1-11-8-12(2)13(3)18(10-11)7-6-15-5-4-14(16)9-17-15/h4-5,9,11-13H,6-8,10,16H2,1-3H3. The van der Waals surface area contributed by atoms with E-state index >= 15 is 0 Å². The van der Waals surface area contributed by atoms with E-state index in [1.165, 1.54) is 13.0 Å². The number of pyridine rings is 1. The molecule has 3 nitrogen and oxygen atoms in total. The van der Waals surface area contributed by atoms with Crippen molar-refractivity contribution in [3.63, 3.8) is 0 Å². The van der Waals surface area contributed by atoms with E-state index in [1.807, 2.05) is 12.1 Å². The summed E-state index contributed by atoms with van der Waals surface area (Å²) in [4.78, 5) is 6.98. The predicted octanol–water partition coefficient (Wildman–Crippen LogP) is 2.57. The van der Waals surface area contributed by atoms with Crippen molar-refractivity contribution in [2.75, 3.05) is 18.8 Å². The molecule has 2 N–H and O–H groups in total. The Kier molecular flexibility index (Phi) is 4.23. The third kappa shape index (κ3) is 3.22. The number of nitrogen functional groups attached to an aromatic ring is 1. The Hall–Kier alpha value is -1.09. The molecular formula is C15H25N3. The highest BCUT2D eigenvalue weighted by Crippen LogP contribution is 2.26. The molecule has 3 unspecified atom stereocenters. The molecule has 0 radical (unpaired) electrons. The van der Waals surface area contributed by atoms with Gasteiger partial charge in [0.1, 0.15) is 0 Å². The van der Waals surface area contributed by atoms with Gasteiger partial charge in [0.2, 0.25) is 0 Å². The van der Waals surface area contributed by atoms with Crippen LogP contribution in [-0.2, 0) is 6.42 Å². The summed E-state index contributed by atoms with van der Waals surface area (Å²) < 4.78 is 0. The molecule has 0 amide bonds.